The van der Waals surface area contributed by atoms with Crippen LogP contribution in [0.25, 0.3) is 0 Å². The largest absolute Gasteiger partial charge is 0.508 e. The number of nitro groups is 1. The highest BCUT2D eigenvalue weighted by Gasteiger charge is 2.37. The fraction of sp³-hybridized carbons (Fsp3) is 0.125. The number of nitro benzene ring substituents is 1. The van der Waals surface area contributed by atoms with E-state index in [4.69, 9.17) is 4.74 Å². The van der Waals surface area contributed by atoms with Crippen molar-refractivity contribution >= 4 is 23.3 Å². The maximum atomic E-state index is 12.2. The number of fused-ring (bicyclic) bond motifs is 1. The van der Waals surface area contributed by atoms with E-state index in [9.17, 15) is 24.8 Å². The van der Waals surface area contributed by atoms with Gasteiger partial charge in [0, 0.05) is 24.6 Å². The van der Waals surface area contributed by atoms with Crippen LogP contribution in [0.2, 0.25) is 0 Å². The van der Waals surface area contributed by atoms with Crippen molar-refractivity contribution in [2.75, 3.05) is 4.90 Å². The first-order valence-electron chi connectivity index (χ1n) is 6.96. The number of rotatable bonds is 2. The molecule has 1 heterocycles. The van der Waals surface area contributed by atoms with Gasteiger partial charge in [0.25, 0.3) is 5.69 Å². The Morgan fingerprint density at radius 1 is 1.29 bits per heavy atom. The third kappa shape index (κ3) is 2.54. The Balaban J connectivity index is 2.13. The zero-order valence-corrected chi connectivity index (χ0v) is 12.5. The van der Waals surface area contributed by atoms with Gasteiger partial charge >= 0.3 is 5.97 Å². The summed E-state index contributed by atoms with van der Waals surface area (Å²) in [5, 5.41) is 20.5. The second-order valence-corrected chi connectivity index (χ2v) is 5.20. The fourth-order valence-electron chi connectivity index (χ4n) is 2.59. The van der Waals surface area contributed by atoms with E-state index in [-0.39, 0.29) is 22.7 Å². The molecule has 1 N–H and O–H groups in total. The van der Waals surface area contributed by atoms with Crippen LogP contribution >= 0.6 is 0 Å². The van der Waals surface area contributed by atoms with E-state index in [1.807, 2.05) is 0 Å². The zero-order valence-electron chi connectivity index (χ0n) is 12.5. The van der Waals surface area contributed by atoms with Crippen molar-refractivity contribution in [2.24, 2.45) is 0 Å². The summed E-state index contributed by atoms with van der Waals surface area (Å²) in [7, 11) is 0. The summed E-state index contributed by atoms with van der Waals surface area (Å²) in [6.45, 7) is 1.29. The number of ether oxygens (including phenoxy) is 1. The van der Waals surface area contributed by atoms with Gasteiger partial charge in [0.1, 0.15) is 5.75 Å². The quantitative estimate of drug-likeness (QED) is 0.515. The van der Waals surface area contributed by atoms with E-state index in [1.54, 1.807) is 0 Å². The van der Waals surface area contributed by atoms with Crippen molar-refractivity contribution in [1.29, 1.82) is 0 Å². The Morgan fingerprint density at radius 3 is 2.71 bits per heavy atom. The number of anilines is 1. The molecule has 1 aliphatic heterocycles. The summed E-state index contributed by atoms with van der Waals surface area (Å²) in [5.74, 6) is -1.27. The molecule has 2 aromatic rings. The second-order valence-electron chi connectivity index (χ2n) is 5.20. The molecule has 1 aliphatic rings. The minimum Gasteiger partial charge on any atom is -0.508 e. The molecular formula is C16H12N2O6. The standard InChI is InChI=1S/C16H12N2O6/c1-9(19)17-14-6-5-12(20)8-13(14)16(21)24-15(17)10-3-2-4-11(7-10)18(22)23/h2-8,15,20H,1H3. The lowest BCUT2D eigenvalue weighted by Gasteiger charge is -2.35. The van der Waals surface area contributed by atoms with Gasteiger partial charge < -0.3 is 9.84 Å². The van der Waals surface area contributed by atoms with Gasteiger partial charge in [0.15, 0.2) is 0 Å². The molecule has 0 spiro atoms. The van der Waals surface area contributed by atoms with E-state index in [0.29, 0.717) is 5.56 Å². The number of esters is 1. The lowest BCUT2D eigenvalue weighted by atomic mass is 10.1. The number of carbonyl (C=O) groups excluding carboxylic acids is 2. The molecule has 1 atom stereocenters. The SMILES string of the molecule is CC(=O)N1c2ccc(O)cc2C(=O)OC1c1cccc([N+](=O)[O-])c1. The number of nitrogens with zero attached hydrogens (tertiary/aromatic N) is 2. The first kappa shape index (κ1) is 15.5. The van der Waals surface area contributed by atoms with Crippen LogP contribution in [0.15, 0.2) is 42.5 Å². The first-order chi connectivity index (χ1) is 11.4. The molecule has 24 heavy (non-hydrogen) atoms. The second kappa shape index (κ2) is 5.65. The summed E-state index contributed by atoms with van der Waals surface area (Å²) in [4.78, 5) is 35.9. The number of hydrogen-bond donors (Lipinski definition) is 1. The molecule has 1 amide bonds. The third-order valence-electron chi connectivity index (χ3n) is 3.62. The molecular weight excluding hydrogens is 316 g/mol. The van der Waals surface area contributed by atoms with Gasteiger partial charge in [-0.25, -0.2) is 4.79 Å². The number of carbonyl (C=O) groups is 2. The number of phenolic OH excluding ortho intramolecular Hbond substituents is 1. The topological polar surface area (TPSA) is 110 Å². The smallest absolute Gasteiger partial charge is 0.342 e. The Kier molecular flexibility index (Phi) is 3.64. The minimum atomic E-state index is -1.12. The van der Waals surface area contributed by atoms with Crippen LogP contribution in [-0.2, 0) is 9.53 Å². The van der Waals surface area contributed by atoms with Crippen LogP contribution in [-0.4, -0.2) is 21.9 Å². The lowest BCUT2D eigenvalue weighted by molar-refractivity contribution is -0.385. The zero-order chi connectivity index (χ0) is 17.4. The number of aromatic hydroxyl groups is 1. The fourth-order valence-corrected chi connectivity index (χ4v) is 2.59. The van der Waals surface area contributed by atoms with E-state index in [2.05, 4.69) is 0 Å². The van der Waals surface area contributed by atoms with Crippen LogP contribution in [0.3, 0.4) is 0 Å². The highest BCUT2D eigenvalue weighted by Crippen LogP contribution is 2.38. The van der Waals surface area contributed by atoms with Crippen LogP contribution in [0.5, 0.6) is 5.75 Å². The summed E-state index contributed by atoms with van der Waals surface area (Å²) in [6, 6.07) is 9.52. The van der Waals surface area contributed by atoms with Gasteiger partial charge in [-0.2, -0.15) is 0 Å². The normalized spacial score (nSPS) is 16.3. The average Bonchev–Trinajstić information content (AvgIpc) is 2.54. The molecule has 0 saturated heterocycles. The molecule has 122 valence electrons. The molecule has 8 heteroatoms. The highest BCUT2D eigenvalue weighted by molar-refractivity contribution is 6.05. The monoisotopic (exact) mass is 328 g/mol. The van der Waals surface area contributed by atoms with Crippen molar-refractivity contribution < 1.29 is 24.4 Å². The van der Waals surface area contributed by atoms with E-state index >= 15 is 0 Å². The van der Waals surface area contributed by atoms with E-state index in [1.165, 1.54) is 54.3 Å². The van der Waals surface area contributed by atoms with Crippen LogP contribution in [0, 0.1) is 10.1 Å². The number of amides is 1. The average molecular weight is 328 g/mol. The molecule has 2 aromatic carbocycles. The molecule has 1 unspecified atom stereocenters. The van der Waals surface area contributed by atoms with Gasteiger partial charge in [0.05, 0.1) is 16.2 Å². The summed E-state index contributed by atoms with van der Waals surface area (Å²) >= 11 is 0. The predicted molar refractivity (Wildman–Crippen MR) is 82.5 cm³/mol. The molecule has 0 radical (unpaired) electrons. The van der Waals surface area contributed by atoms with Crippen molar-refractivity contribution in [3.05, 3.63) is 63.7 Å². The number of cyclic esters (lactones) is 1. The summed E-state index contributed by atoms with van der Waals surface area (Å²) < 4.78 is 5.29. The molecule has 0 saturated carbocycles. The first-order valence-corrected chi connectivity index (χ1v) is 6.96. The summed E-state index contributed by atoms with van der Waals surface area (Å²) in [5.41, 5.74) is 0.440. The van der Waals surface area contributed by atoms with Gasteiger partial charge in [-0.1, -0.05) is 12.1 Å². The number of phenols is 1. The number of non-ortho nitro benzene ring substituents is 1. The van der Waals surface area contributed by atoms with Crippen molar-refractivity contribution in [3.8, 4) is 5.75 Å². The van der Waals surface area contributed by atoms with Gasteiger partial charge in [-0.3, -0.25) is 19.8 Å². The number of hydrogen-bond acceptors (Lipinski definition) is 6. The molecule has 0 fully saturated rings. The molecule has 0 aromatic heterocycles. The van der Waals surface area contributed by atoms with E-state index < -0.39 is 23.0 Å². The predicted octanol–water partition coefficient (Wildman–Crippen LogP) is 2.52. The lowest BCUT2D eigenvalue weighted by Crippen LogP contribution is -2.40. The molecule has 0 aliphatic carbocycles. The van der Waals surface area contributed by atoms with Crippen LogP contribution < -0.4 is 4.90 Å². The van der Waals surface area contributed by atoms with Crippen molar-refractivity contribution in [1.82, 2.24) is 0 Å². The van der Waals surface area contributed by atoms with Crippen LogP contribution in [0.4, 0.5) is 11.4 Å². The Bertz CT molecular complexity index is 863. The molecule has 8 nitrogen and oxygen atoms in total. The Labute approximate surface area is 136 Å². The van der Waals surface area contributed by atoms with Crippen LogP contribution in [0.1, 0.15) is 29.1 Å². The molecule has 3 rings (SSSR count). The van der Waals surface area contributed by atoms with Gasteiger partial charge in [-0.05, 0) is 18.2 Å². The third-order valence-corrected chi connectivity index (χ3v) is 3.62. The maximum Gasteiger partial charge on any atom is 0.342 e. The highest BCUT2D eigenvalue weighted by atomic mass is 16.6. The van der Waals surface area contributed by atoms with Gasteiger partial charge in [0.2, 0.25) is 12.1 Å². The summed E-state index contributed by atoms with van der Waals surface area (Å²) in [6.07, 6.45) is -1.12. The van der Waals surface area contributed by atoms with E-state index in [0.717, 1.165) is 0 Å². The maximum absolute atomic E-state index is 12.2. The number of benzene rings is 2. The Hall–Kier alpha value is -3.42. The minimum absolute atomic E-state index is 0.0480. The molecule has 0 bridgehead atoms. The van der Waals surface area contributed by atoms with Gasteiger partial charge in [-0.15, -0.1) is 0 Å². The van der Waals surface area contributed by atoms with Crippen molar-refractivity contribution in [2.45, 2.75) is 13.2 Å². The Morgan fingerprint density at radius 2 is 2.04 bits per heavy atom. The van der Waals surface area contributed by atoms with Crippen molar-refractivity contribution in [3.63, 3.8) is 0 Å².